The SMILES string of the molecule is COc1cc2cc(C#N)c(Nc3c(O)ccc4ccccc34)nc2cc1OC. The maximum absolute atomic E-state index is 10.4. The first-order valence-corrected chi connectivity index (χ1v) is 8.59. The number of rotatable bonds is 4. The molecule has 6 heteroatoms. The lowest BCUT2D eigenvalue weighted by atomic mass is 10.1. The molecule has 0 saturated heterocycles. The number of pyridine rings is 1. The molecular weight excluding hydrogens is 354 g/mol. The molecule has 0 unspecified atom stereocenters. The Bertz CT molecular complexity index is 1250. The molecule has 6 nitrogen and oxygen atoms in total. The quantitative estimate of drug-likeness (QED) is 0.505. The Balaban J connectivity index is 1.90. The number of benzene rings is 3. The van der Waals surface area contributed by atoms with Gasteiger partial charge in [0.05, 0.1) is 31.0 Å². The maximum Gasteiger partial charge on any atom is 0.162 e. The van der Waals surface area contributed by atoms with E-state index >= 15 is 0 Å². The van der Waals surface area contributed by atoms with E-state index in [0.29, 0.717) is 34.1 Å². The van der Waals surface area contributed by atoms with Crippen molar-refractivity contribution in [1.29, 1.82) is 5.26 Å². The summed E-state index contributed by atoms with van der Waals surface area (Å²) in [5.74, 6) is 1.55. The second-order valence-electron chi connectivity index (χ2n) is 6.20. The highest BCUT2D eigenvalue weighted by Crippen LogP contribution is 2.37. The molecule has 0 spiro atoms. The number of phenolic OH excluding ortho intramolecular Hbond substituents is 1. The van der Waals surface area contributed by atoms with Gasteiger partial charge in [0.15, 0.2) is 11.5 Å². The van der Waals surface area contributed by atoms with Gasteiger partial charge in [-0.25, -0.2) is 4.98 Å². The molecule has 4 aromatic rings. The van der Waals surface area contributed by atoms with Crippen molar-refractivity contribution in [2.45, 2.75) is 0 Å². The van der Waals surface area contributed by atoms with Gasteiger partial charge >= 0.3 is 0 Å². The fraction of sp³-hybridized carbons (Fsp3) is 0.0909. The molecule has 0 radical (unpaired) electrons. The topological polar surface area (TPSA) is 87.4 Å². The number of hydrogen-bond donors (Lipinski definition) is 2. The Morgan fingerprint density at radius 3 is 2.46 bits per heavy atom. The van der Waals surface area contributed by atoms with Crippen LogP contribution in [0.3, 0.4) is 0 Å². The van der Waals surface area contributed by atoms with Gasteiger partial charge in [-0.05, 0) is 23.6 Å². The lowest BCUT2D eigenvalue weighted by Gasteiger charge is -2.14. The van der Waals surface area contributed by atoms with E-state index in [0.717, 1.165) is 16.2 Å². The third-order valence-corrected chi connectivity index (χ3v) is 4.59. The summed E-state index contributed by atoms with van der Waals surface area (Å²) in [5.41, 5.74) is 1.49. The van der Waals surface area contributed by atoms with Gasteiger partial charge in [-0.15, -0.1) is 0 Å². The molecular formula is C22H17N3O3. The largest absolute Gasteiger partial charge is 0.506 e. The second-order valence-corrected chi connectivity index (χ2v) is 6.20. The van der Waals surface area contributed by atoms with Gasteiger partial charge in [-0.3, -0.25) is 0 Å². The number of hydrogen-bond acceptors (Lipinski definition) is 6. The van der Waals surface area contributed by atoms with Crippen molar-refractivity contribution in [3.63, 3.8) is 0 Å². The average Bonchev–Trinajstić information content (AvgIpc) is 2.74. The lowest BCUT2D eigenvalue weighted by molar-refractivity contribution is 0.356. The minimum atomic E-state index is 0.0804. The number of aromatic hydroxyl groups is 1. The fourth-order valence-electron chi connectivity index (χ4n) is 3.19. The van der Waals surface area contributed by atoms with Crippen LogP contribution in [0, 0.1) is 11.3 Å². The highest BCUT2D eigenvalue weighted by Gasteiger charge is 2.14. The summed E-state index contributed by atoms with van der Waals surface area (Å²) in [5, 5.41) is 25.7. The third-order valence-electron chi connectivity index (χ3n) is 4.59. The molecule has 0 aliphatic rings. The number of methoxy groups -OCH3 is 2. The van der Waals surface area contributed by atoms with Crippen LogP contribution in [0.25, 0.3) is 21.7 Å². The van der Waals surface area contributed by atoms with E-state index in [1.54, 1.807) is 38.5 Å². The van der Waals surface area contributed by atoms with Crippen molar-refractivity contribution in [3.8, 4) is 23.3 Å². The minimum Gasteiger partial charge on any atom is -0.506 e. The summed E-state index contributed by atoms with van der Waals surface area (Å²) < 4.78 is 10.7. The Kier molecular flexibility index (Phi) is 4.34. The van der Waals surface area contributed by atoms with Gasteiger partial charge in [-0.2, -0.15) is 5.26 Å². The van der Waals surface area contributed by atoms with Crippen LogP contribution < -0.4 is 14.8 Å². The second kappa shape index (κ2) is 6.97. The summed E-state index contributed by atoms with van der Waals surface area (Å²) in [4.78, 5) is 4.59. The zero-order chi connectivity index (χ0) is 19.7. The van der Waals surface area contributed by atoms with E-state index in [2.05, 4.69) is 16.4 Å². The molecule has 0 aliphatic carbocycles. The van der Waals surface area contributed by atoms with E-state index in [-0.39, 0.29) is 5.75 Å². The Morgan fingerprint density at radius 1 is 0.964 bits per heavy atom. The first-order valence-electron chi connectivity index (χ1n) is 8.59. The van der Waals surface area contributed by atoms with Gasteiger partial charge in [0, 0.05) is 16.8 Å². The lowest BCUT2D eigenvalue weighted by Crippen LogP contribution is -2.00. The molecule has 28 heavy (non-hydrogen) atoms. The van der Waals surface area contributed by atoms with Crippen LogP contribution in [-0.4, -0.2) is 24.3 Å². The zero-order valence-electron chi connectivity index (χ0n) is 15.4. The maximum atomic E-state index is 10.4. The zero-order valence-corrected chi connectivity index (χ0v) is 15.4. The third kappa shape index (κ3) is 2.89. The molecule has 0 fully saturated rings. The molecule has 0 bridgehead atoms. The highest BCUT2D eigenvalue weighted by molar-refractivity contribution is 5.99. The van der Waals surface area contributed by atoms with Crippen LogP contribution in [0.2, 0.25) is 0 Å². The van der Waals surface area contributed by atoms with Crippen LogP contribution >= 0.6 is 0 Å². The normalized spacial score (nSPS) is 10.6. The summed E-state index contributed by atoms with van der Waals surface area (Å²) in [6.45, 7) is 0. The molecule has 138 valence electrons. The molecule has 2 N–H and O–H groups in total. The number of phenols is 1. The van der Waals surface area contributed by atoms with Crippen LogP contribution in [0.5, 0.6) is 17.2 Å². The van der Waals surface area contributed by atoms with Gasteiger partial charge < -0.3 is 19.9 Å². The molecule has 1 heterocycles. The van der Waals surface area contributed by atoms with Crippen molar-refractivity contribution in [2.24, 2.45) is 0 Å². The molecule has 4 rings (SSSR count). The molecule has 0 atom stereocenters. The van der Waals surface area contributed by atoms with Gasteiger partial charge in [0.2, 0.25) is 0 Å². The molecule has 0 amide bonds. The summed E-state index contributed by atoms with van der Waals surface area (Å²) in [6, 6.07) is 18.6. The molecule has 0 saturated carbocycles. The van der Waals surface area contributed by atoms with E-state index in [1.165, 1.54) is 0 Å². The summed E-state index contributed by atoms with van der Waals surface area (Å²) >= 11 is 0. The van der Waals surface area contributed by atoms with Crippen molar-refractivity contribution < 1.29 is 14.6 Å². The molecule has 3 aromatic carbocycles. The Hall–Kier alpha value is -3.98. The van der Waals surface area contributed by atoms with Crippen molar-refractivity contribution in [3.05, 3.63) is 60.2 Å². The number of fused-ring (bicyclic) bond motifs is 2. The highest BCUT2D eigenvalue weighted by atomic mass is 16.5. The number of nitrogens with one attached hydrogen (secondary N) is 1. The number of nitriles is 1. The number of ether oxygens (including phenoxy) is 2. The predicted octanol–water partition coefficient (Wildman–Crippen LogP) is 4.73. The number of anilines is 2. The first-order chi connectivity index (χ1) is 13.6. The fourth-order valence-corrected chi connectivity index (χ4v) is 3.19. The van der Waals surface area contributed by atoms with Gasteiger partial charge in [0.25, 0.3) is 0 Å². The van der Waals surface area contributed by atoms with Crippen LogP contribution in [-0.2, 0) is 0 Å². The van der Waals surface area contributed by atoms with Crippen LogP contribution in [0.4, 0.5) is 11.5 Å². The van der Waals surface area contributed by atoms with E-state index in [1.807, 2.05) is 30.3 Å². The number of aromatic nitrogens is 1. The van der Waals surface area contributed by atoms with Gasteiger partial charge in [-0.1, -0.05) is 30.3 Å². The van der Waals surface area contributed by atoms with Crippen LogP contribution in [0.15, 0.2) is 54.6 Å². The first kappa shape index (κ1) is 17.4. The minimum absolute atomic E-state index is 0.0804. The van der Waals surface area contributed by atoms with E-state index in [4.69, 9.17) is 9.47 Å². The van der Waals surface area contributed by atoms with Crippen molar-refractivity contribution >= 4 is 33.2 Å². The smallest absolute Gasteiger partial charge is 0.162 e. The molecule has 0 aliphatic heterocycles. The monoisotopic (exact) mass is 371 g/mol. The Labute approximate surface area is 161 Å². The van der Waals surface area contributed by atoms with Gasteiger partial charge in [0.1, 0.15) is 17.6 Å². The standard InChI is InChI=1S/C22H17N3O3/c1-27-19-10-14-9-15(12-23)22(24-17(14)11-20(19)28-2)25-21-16-6-4-3-5-13(16)7-8-18(21)26/h3-11,26H,1-2H3,(H,24,25). The van der Waals surface area contributed by atoms with Crippen molar-refractivity contribution in [2.75, 3.05) is 19.5 Å². The number of nitrogens with zero attached hydrogens (tertiary/aromatic N) is 2. The Morgan fingerprint density at radius 2 is 1.71 bits per heavy atom. The predicted molar refractivity (Wildman–Crippen MR) is 108 cm³/mol. The molecule has 1 aromatic heterocycles. The average molecular weight is 371 g/mol. The van der Waals surface area contributed by atoms with E-state index < -0.39 is 0 Å². The summed E-state index contributed by atoms with van der Waals surface area (Å²) in [7, 11) is 3.11. The van der Waals surface area contributed by atoms with E-state index in [9.17, 15) is 10.4 Å². The summed E-state index contributed by atoms with van der Waals surface area (Å²) in [6.07, 6.45) is 0. The van der Waals surface area contributed by atoms with Crippen LogP contribution in [0.1, 0.15) is 5.56 Å². The van der Waals surface area contributed by atoms with Crippen molar-refractivity contribution in [1.82, 2.24) is 4.98 Å².